The van der Waals surface area contributed by atoms with Crippen LogP contribution in [0.4, 0.5) is 14.5 Å². The van der Waals surface area contributed by atoms with Crippen molar-refractivity contribution in [2.45, 2.75) is 4.90 Å². The van der Waals surface area contributed by atoms with Crippen molar-refractivity contribution in [3.05, 3.63) is 33.9 Å². The fraction of sp³-hybridized carbons (Fsp3) is 0.250. The van der Waals surface area contributed by atoms with Gasteiger partial charge in [-0.15, -0.1) is 0 Å². The normalized spacial score (nSPS) is 11.5. The van der Waals surface area contributed by atoms with Crippen LogP contribution in [0.5, 0.6) is 0 Å². The smallest absolute Gasteiger partial charge is 0.258 e. The molecule has 0 aromatic heterocycles. The van der Waals surface area contributed by atoms with Gasteiger partial charge in [0.1, 0.15) is 10.7 Å². The van der Waals surface area contributed by atoms with Crippen LogP contribution in [0.3, 0.4) is 0 Å². The van der Waals surface area contributed by atoms with Gasteiger partial charge in [0.25, 0.3) is 0 Å². The first-order chi connectivity index (χ1) is 8.29. The summed E-state index contributed by atoms with van der Waals surface area (Å²) in [7, 11) is -4.23. The van der Waals surface area contributed by atoms with Crippen LogP contribution in [-0.4, -0.2) is 24.3 Å². The minimum Gasteiger partial charge on any atom is -0.258 e. The number of hydrogen-bond donors (Lipinski definition) is 1. The number of hydrogen-bond acceptors (Lipinski definition) is 4. The van der Waals surface area contributed by atoms with Crippen LogP contribution < -0.4 is 4.72 Å². The van der Waals surface area contributed by atoms with Crippen molar-refractivity contribution in [1.82, 2.24) is 4.72 Å². The molecule has 0 aliphatic rings. The number of nitro groups is 1. The van der Waals surface area contributed by atoms with Gasteiger partial charge in [-0.1, -0.05) is 22.6 Å². The summed E-state index contributed by atoms with van der Waals surface area (Å²) >= 11 is 1.89. The van der Waals surface area contributed by atoms with E-state index in [-0.39, 0.29) is 12.6 Å². The number of benzene rings is 1. The Balaban J connectivity index is 3.33. The summed E-state index contributed by atoms with van der Waals surface area (Å²) in [6, 6.07) is 0.539. The van der Waals surface area contributed by atoms with Gasteiger partial charge in [-0.25, -0.2) is 17.5 Å². The van der Waals surface area contributed by atoms with Gasteiger partial charge in [0.05, 0.1) is 4.92 Å². The standard InChI is InChI=1S/C8H7F2IN2O4S/c9-5-3-6(10)8(4-7(5)13(14)15)18(16,17)12-2-1-11/h3-4,12H,1-2H2. The van der Waals surface area contributed by atoms with Crippen molar-refractivity contribution >= 4 is 38.3 Å². The molecule has 1 aromatic rings. The fourth-order valence-corrected chi connectivity index (χ4v) is 2.86. The molecule has 0 bridgehead atoms. The predicted molar refractivity (Wildman–Crippen MR) is 67.1 cm³/mol. The summed E-state index contributed by atoms with van der Waals surface area (Å²) in [5.41, 5.74) is -1.09. The van der Waals surface area contributed by atoms with Crippen molar-refractivity contribution in [3.8, 4) is 0 Å². The van der Waals surface area contributed by atoms with E-state index in [0.29, 0.717) is 10.5 Å². The second-order valence-electron chi connectivity index (χ2n) is 3.08. The second kappa shape index (κ2) is 5.84. The van der Waals surface area contributed by atoms with E-state index in [1.165, 1.54) is 0 Å². The maximum absolute atomic E-state index is 13.3. The van der Waals surface area contributed by atoms with Crippen LogP contribution in [-0.2, 0) is 10.0 Å². The van der Waals surface area contributed by atoms with Crippen LogP contribution in [0.15, 0.2) is 17.0 Å². The third kappa shape index (κ3) is 3.32. The molecule has 100 valence electrons. The summed E-state index contributed by atoms with van der Waals surface area (Å²) in [5.74, 6) is -2.80. The topological polar surface area (TPSA) is 89.3 Å². The van der Waals surface area contributed by atoms with Crippen molar-refractivity contribution in [2.75, 3.05) is 11.0 Å². The maximum Gasteiger partial charge on any atom is 0.306 e. The molecular weight excluding hydrogens is 385 g/mol. The number of alkyl halides is 1. The molecule has 0 spiro atoms. The molecule has 0 heterocycles. The van der Waals surface area contributed by atoms with Gasteiger partial charge >= 0.3 is 5.69 Å². The van der Waals surface area contributed by atoms with E-state index >= 15 is 0 Å². The Morgan fingerprint density at radius 1 is 1.33 bits per heavy atom. The largest absolute Gasteiger partial charge is 0.306 e. The second-order valence-corrected chi connectivity index (χ2v) is 5.89. The van der Waals surface area contributed by atoms with E-state index in [9.17, 15) is 27.3 Å². The van der Waals surface area contributed by atoms with Crippen LogP contribution in [0.1, 0.15) is 0 Å². The third-order valence-electron chi connectivity index (χ3n) is 1.87. The summed E-state index contributed by atoms with van der Waals surface area (Å²) in [5, 5.41) is 10.5. The third-order valence-corrected chi connectivity index (χ3v) is 3.89. The molecule has 1 rings (SSSR count). The monoisotopic (exact) mass is 392 g/mol. The van der Waals surface area contributed by atoms with Crippen molar-refractivity contribution in [2.24, 2.45) is 0 Å². The van der Waals surface area contributed by atoms with Crippen molar-refractivity contribution in [1.29, 1.82) is 0 Å². The SMILES string of the molecule is O=[N+]([O-])c1cc(S(=O)(=O)NCCI)c(F)cc1F. The Morgan fingerprint density at radius 3 is 2.44 bits per heavy atom. The van der Waals surface area contributed by atoms with E-state index in [0.717, 1.165) is 0 Å². The number of rotatable bonds is 5. The van der Waals surface area contributed by atoms with Gasteiger partial charge in [0.15, 0.2) is 0 Å². The summed E-state index contributed by atoms with van der Waals surface area (Å²) in [6.45, 7) is 0.0352. The Kier molecular flexibility index (Phi) is 4.92. The Bertz CT molecular complexity index is 579. The lowest BCUT2D eigenvalue weighted by molar-refractivity contribution is -0.387. The molecule has 1 N–H and O–H groups in total. The maximum atomic E-state index is 13.3. The van der Waals surface area contributed by atoms with Crippen LogP contribution in [0, 0.1) is 21.7 Å². The van der Waals surface area contributed by atoms with Crippen molar-refractivity contribution in [3.63, 3.8) is 0 Å². The zero-order valence-corrected chi connectivity index (χ0v) is 11.7. The molecule has 0 aliphatic heterocycles. The molecule has 1 aromatic carbocycles. The fourth-order valence-electron chi connectivity index (χ4n) is 1.11. The zero-order chi connectivity index (χ0) is 13.9. The molecule has 0 amide bonds. The first kappa shape index (κ1) is 15.2. The van der Waals surface area contributed by atoms with Crippen LogP contribution >= 0.6 is 22.6 Å². The number of nitro benzene ring substituents is 1. The highest BCUT2D eigenvalue weighted by molar-refractivity contribution is 14.1. The molecule has 10 heteroatoms. The molecule has 0 saturated carbocycles. The number of sulfonamides is 1. The van der Waals surface area contributed by atoms with Gasteiger partial charge in [-0.2, -0.15) is 4.39 Å². The zero-order valence-electron chi connectivity index (χ0n) is 8.69. The average molecular weight is 392 g/mol. The number of halogens is 3. The summed E-state index contributed by atoms with van der Waals surface area (Å²) < 4.78 is 52.0. The average Bonchev–Trinajstić information content (AvgIpc) is 2.25. The minimum absolute atomic E-state index is 0.0352. The lowest BCUT2D eigenvalue weighted by atomic mass is 10.3. The molecule has 6 nitrogen and oxygen atoms in total. The quantitative estimate of drug-likeness (QED) is 0.357. The Hall–Kier alpha value is -0.880. The lowest BCUT2D eigenvalue weighted by Crippen LogP contribution is -2.26. The molecule has 0 atom stereocenters. The molecule has 18 heavy (non-hydrogen) atoms. The van der Waals surface area contributed by atoms with E-state index in [1.807, 2.05) is 27.3 Å². The van der Waals surface area contributed by atoms with Gasteiger partial charge in [0, 0.05) is 23.1 Å². The molecule has 0 aliphatic carbocycles. The highest BCUT2D eigenvalue weighted by atomic mass is 127. The predicted octanol–water partition coefficient (Wildman–Crippen LogP) is 1.59. The van der Waals surface area contributed by atoms with Gasteiger partial charge in [-0.05, 0) is 0 Å². The first-order valence-corrected chi connectivity index (χ1v) is 7.49. The number of nitrogens with one attached hydrogen (secondary N) is 1. The molecule has 0 saturated heterocycles. The highest BCUT2D eigenvalue weighted by Gasteiger charge is 2.25. The molecular formula is C8H7F2IN2O4S. The number of nitrogens with zero attached hydrogens (tertiary/aromatic N) is 1. The van der Waals surface area contributed by atoms with Gasteiger partial charge < -0.3 is 0 Å². The molecule has 0 radical (unpaired) electrons. The highest BCUT2D eigenvalue weighted by Crippen LogP contribution is 2.24. The van der Waals surface area contributed by atoms with Crippen LogP contribution in [0.2, 0.25) is 0 Å². The van der Waals surface area contributed by atoms with Gasteiger partial charge in [0.2, 0.25) is 15.8 Å². The van der Waals surface area contributed by atoms with Gasteiger partial charge in [-0.3, -0.25) is 10.1 Å². The van der Waals surface area contributed by atoms with E-state index in [4.69, 9.17) is 0 Å². The summed E-state index contributed by atoms with van der Waals surface area (Å²) in [4.78, 5) is 8.39. The van der Waals surface area contributed by atoms with E-state index < -0.39 is 37.2 Å². The summed E-state index contributed by atoms with van der Waals surface area (Å²) in [6.07, 6.45) is 0. The first-order valence-electron chi connectivity index (χ1n) is 4.48. The Labute approximate surface area is 115 Å². The Morgan fingerprint density at radius 2 is 1.94 bits per heavy atom. The van der Waals surface area contributed by atoms with E-state index in [1.54, 1.807) is 0 Å². The van der Waals surface area contributed by atoms with Crippen LogP contribution in [0.25, 0.3) is 0 Å². The van der Waals surface area contributed by atoms with Crippen molar-refractivity contribution < 1.29 is 22.1 Å². The minimum atomic E-state index is -4.23. The van der Waals surface area contributed by atoms with E-state index in [2.05, 4.69) is 0 Å². The molecule has 0 fully saturated rings. The molecule has 0 unspecified atom stereocenters. The lowest BCUT2D eigenvalue weighted by Gasteiger charge is -2.06.